The van der Waals surface area contributed by atoms with Crippen LogP contribution in [0, 0.1) is 0 Å². The van der Waals surface area contributed by atoms with Gasteiger partial charge in [-0.1, -0.05) is 97.1 Å². The highest BCUT2D eigenvalue weighted by Gasteiger charge is 2.25. The summed E-state index contributed by atoms with van der Waals surface area (Å²) < 4.78 is 25.8. The lowest BCUT2D eigenvalue weighted by Crippen LogP contribution is -1.92. The molecule has 0 fully saturated rings. The standard InChI is InChI=1S/C46H24O4/c1-3-13-28-26(11-1)40(32-16-9-19-37-41(32)33-20-21-38-43(45(33)50-37)30-15-6-8-18-36(30)48-38)27-12-2-4-14-29(27)42(28)44-31-22-23-47-39(31)24-34-25-10-5-7-17-35(25)49-46(34)44/h1-24H. The molecule has 0 aliphatic rings. The molecule has 0 bridgehead atoms. The quantitative estimate of drug-likeness (QED) is 0.176. The molecule has 0 atom stereocenters. The van der Waals surface area contributed by atoms with Gasteiger partial charge in [-0.3, -0.25) is 0 Å². The molecule has 0 radical (unpaired) electrons. The zero-order valence-electron chi connectivity index (χ0n) is 26.5. The molecule has 50 heavy (non-hydrogen) atoms. The van der Waals surface area contributed by atoms with Gasteiger partial charge in [0.05, 0.1) is 11.6 Å². The molecule has 0 aliphatic heterocycles. The lowest BCUT2D eigenvalue weighted by Gasteiger charge is -2.18. The van der Waals surface area contributed by atoms with Crippen molar-refractivity contribution in [3.8, 4) is 22.3 Å². The molecule has 12 rings (SSSR count). The second-order valence-corrected chi connectivity index (χ2v) is 13.1. The number of para-hydroxylation sites is 2. The molecule has 0 amide bonds. The zero-order chi connectivity index (χ0) is 32.5. The highest BCUT2D eigenvalue weighted by atomic mass is 16.3. The fourth-order valence-electron chi connectivity index (χ4n) is 8.52. The van der Waals surface area contributed by atoms with E-state index in [1.54, 1.807) is 6.26 Å². The van der Waals surface area contributed by atoms with Crippen LogP contribution in [0.15, 0.2) is 163 Å². The van der Waals surface area contributed by atoms with Crippen molar-refractivity contribution in [3.63, 3.8) is 0 Å². The summed E-state index contributed by atoms with van der Waals surface area (Å²) >= 11 is 0. The molecule has 12 aromatic rings. The van der Waals surface area contributed by atoms with Crippen molar-refractivity contribution in [2.24, 2.45) is 0 Å². The summed E-state index contributed by atoms with van der Waals surface area (Å²) in [5, 5.41) is 12.0. The van der Waals surface area contributed by atoms with Crippen molar-refractivity contribution in [1.82, 2.24) is 0 Å². The van der Waals surface area contributed by atoms with Crippen LogP contribution in [0.1, 0.15) is 0 Å². The minimum Gasteiger partial charge on any atom is -0.464 e. The highest BCUT2D eigenvalue weighted by molar-refractivity contribution is 6.31. The number of benzene rings is 8. The SMILES string of the molecule is c1ccc2c(c1)oc1c(-c3c4ccccc4c(-c4cccc5oc6c(ccc7oc8ccccc8c76)c45)c4ccccc34)c3ccoc3cc12. The maximum atomic E-state index is 6.74. The fraction of sp³-hybridized carbons (Fsp3) is 0. The lowest BCUT2D eigenvalue weighted by molar-refractivity contribution is 0.616. The van der Waals surface area contributed by atoms with Gasteiger partial charge in [0.1, 0.15) is 39.1 Å². The normalized spacial score (nSPS) is 12.4. The van der Waals surface area contributed by atoms with Gasteiger partial charge in [0.2, 0.25) is 0 Å². The average Bonchev–Trinajstić information content (AvgIpc) is 3.95. The van der Waals surface area contributed by atoms with Crippen LogP contribution in [0.4, 0.5) is 0 Å². The van der Waals surface area contributed by atoms with Gasteiger partial charge in [-0.15, -0.1) is 0 Å². The van der Waals surface area contributed by atoms with Crippen LogP contribution >= 0.6 is 0 Å². The zero-order valence-corrected chi connectivity index (χ0v) is 26.5. The van der Waals surface area contributed by atoms with Gasteiger partial charge in [-0.2, -0.15) is 0 Å². The summed E-state index contributed by atoms with van der Waals surface area (Å²) in [6.45, 7) is 0. The van der Waals surface area contributed by atoms with E-state index in [0.717, 1.165) is 115 Å². The third-order valence-corrected chi connectivity index (χ3v) is 10.6. The van der Waals surface area contributed by atoms with Crippen LogP contribution in [0.2, 0.25) is 0 Å². The summed E-state index contributed by atoms with van der Waals surface area (Å²) in [4.78, 5) is 0. The van der Waals surface area contributed by atoms with E-state index in [9.17, 15) is 0 Å². The van der Waals surface area contributed by atoms with Crippen molar-refractivity contribution >= 4 is 98.3 Å². The maximum Gasteiger partial charge on any atom is 0.147 e. The Balaban J connectivity index is 1.25. The van der Waals surface area contributed by atoms with Crippen molar-refractivity contribution in [2.75, 3.05) is 0 Å². The van der Waals surface area contributed by atoms with Crippen LogP contribution in [0.3, 0.4) is 0 Å². The first kappa shape index (κ1) is 26.2. The smallest absolute Gasteiger partial charge is 0.147 e. The minimum atomic E-state index is 0.824. The number of furan rings is 4. The Hall–Kier alpha value is -6.78. The summed E-state index contributed by atoms with van der Waals surface area (Å²) in [6, 6.07) is 48.7. The van der Waals surface area contributed by atoms with Crippen LogP contribution in [-0.2, 0) is 0 Å². The third-order valence-electron chi connectivity index (χ3n) is 10.6. The Morgan fingerprint density at radius 1 is 0.300 bits per heavy atom. The first-order valence-corrected chi connectivity index (χ1v) is 16.8. The summed E-state index contributed by atoms with van der Waals surface area (Å²) in [5.41, 5.74) is 10.4. The molecule has 4 heterocycles. The molecule has 232 valence electrons. The second kappa shape index (κ2) is 9.43. The predicted molar refractivity (Wildman–Crippen MR) is 204 cm³/mol. The van der Waals surface area contributed by atoms with Gasteiger partial charge in [-0.05, 0) is 75.1 Å². The molecule has 4 aromatic heterocycles. The molecule has 0 N–H and O–H groups in total. The summed E-state index contributed by atoms with van der Waals surface area (Å²) in [6.07, 6.45) is 1.78. The Morgan fingerprint density at radius 2 is 0.900 bits per heavy atom. The van der Waals surface area contributed by atoms with E-state index in [1.165, 1.54) is 5.56 Å². The van der Waals surface area contributed by atoms with Crippen molar-refractivity contribution in [2.45, 2.75) is 0 Å². The van der Waals surface area contributed by atoms with Gasteiger partial charge in [0.25, 0.3) is 0 Å². The van der Waals surface area contributed by atoms with E-state index < -0.39 is 0 Å². The molecule has 0 unspecified atom stereocenters. The Bertz CT molecular complexity index is 3330. The number of rotatable bonds is 2. The maximum absolute atomic E-state index is 6.74. The van der Waals surface area contributed by atoms with E-state index in [4.69, 9.17) is 17.7 Å². The van der Waals surface area contributed by atoms with E-state index in [-0.39, 0.29) is 0 Å². The second-order valence-electron chi connectivity index (χ2n) is 13.1. The number of fused-ring (bicyclic) bond motifs is 13. The van der Waals surface area contributed by atoms with E-state index in [0.29, 0.717) is 0 Å². The van der Waals surface area contributed by atoms with Gasteiger partial charge < -0.3 is 17.7 Å². The Morgan fingerprint density at radius 3 is 1.66 bits per heavy atom. The molecule has 0 saturated carbocycles. The first-order chi connectivity index (χ1) is 24.8. The van der Waals surface area contributed by atoms with Crippen molar-refractivity contribution in [1.29, 1.82) is 0 Å². The predicted octanol–water partition coefficient (Wildman–Crippen LogP) is 13.8. The first-order valence-electron chi connectivity index (χ1n) is 16.8. The largest absolute Gasteiger partial charge is 0.464 e. The monoisotopic (exact) mass is 640 g/mol. The van der Waals surface area contributed by atoms with E-state index in [1.807, 2.05) is 30.3 Å². The van der Waals surface area contributed by atoms with Crippen molar-refractivity contribution in [3.05, 3.63) is 146 Å². The average molecular weight is 641 g/mol. The topological polar surface area (TPSA) is 52.6 Å². The Labute approximate surface area is 283 Å². The molecular formula is C46H24O4. The summed E-state index contributed by atoms with van der Waals surface area (Å²) in [5.74, 6) is 0. The molecule has 0 aliphatic carbocycles. The summed E-state index contributed by atoms with van der Waals surface area (Å²) in [7, 11) is 0. The molecule has 0 saturated heterocycles. The minimum absolute atomic E-state index is 0.824. The van der Waals surface area contributed by atoms with Gasteiger partial charge in [0.15, 0.2) is 0 Å². The van der Waals surface area contributed by atoms with Crippen LogP contribution in [0.25, 0.3) is 121 Å². The van der Waals surface area contributed by atoms with Crippen LogP contribution < -0.4 is 0 Å². The molecule has 4 nitrogen and oxygen atoms in total. The van der Waals surface area contributed by atoms with Crippen LogP contribution in [0.5, 0.6) is 0 Å². The Kier molecular flexibility index (Phi) is 4.94. The molecule has 0 spiro atoms. The highest BCUT2D eigenvalue weighted by Crippen LogP contribution is 2.51. The third kappa shape index (κ3) is 3.30. The molecular weight excluding hydrogens is 617 g/mol. The van der Waals surface area contributed by atoms with Gasteiger partial charge in [-0.25, -0.2) is 0 Å². The lowest BCUT2D eigenvalue weighted by atomic mass is 9.84. The molecule has 8 aromatic carbocycles. The molecule has 4 heteroatoms. The van der Waals surface area contributed by atoms with Crippen LogP contribution in [-0.4, -0.2) is 0 Å². The van der Waals surface area contributed by atoms with Gasteiger partial charge in [0, 0.05) is 43.4 Å². The number of hydrogen-bond donors (Lipinski definition) is 0. The number of hydrogen-bond acceptors (Lipinski definition) is 4. The van der Waals surface area contributed by atoms with E-state index in [2.05, 4.69) is 109 Å². The van der Waals surface area contributed by atoms with Gasteiger partial charge >= 0.3 is 0 Å². The fourth-order valence-corrected chi connectivity index (χ4v) is 8.52. The van der Waals surface area contributed by atoms with E-state index >= 15 is 0 Å². The van der Waals surface area contributed by atoms with Crippen molar-refractivity contribution < 1.29 is 17.7 Å².